The summed E-state index contributed by atoms with van der Waals surface area (Å²) in [6.45, 7) is 6.61. The Balaban J connectivity index is 2.16. The van der Waals surface area contributed by atoms with Gasteiger partial charge in [0.25, 0.3) is 0 Å². The molecule has 0 heterocycles. The molecule has 1 aliphatic carbocycles. The lowest BCUT2D eigenvalue weighted by molar-refractivity contribution is 0.137. The summed E-state index contributed by atoms with van der Waals surface area (Å²) >= 11 is 0. The van der Waals surface area contributed by atoms with Crippen LogP contribution in [0.2, 0.25) is 0 Å². The average Bonchev–Trinajstić information content (AvgIpc) is 2.30. The number of nitrogens with one attached hydrogen (secondary N) is 1. The van der Waals surface area contributed by atoms with Crippen molar-refractivity contribution in [1.29, 1.82) is 0 Å². The fraction of sp³-hybridized carbons (Fsp3) is 0.846. The molecule has 0 aliphatic heterocycles. The monoisotopic (exact) mass is 226 g/mol. The van der Waals surface area contributed by atoms with Crippen molar-refractivity contribution in [3.8, 4) is 0 Å². The van der Waals surface area contributed by atoms with Crippen molar-refractivity contribution < 1.29 is 9.53 Å². The minimum atomic E-state index is -0.306. The Morgan fingerprint density at radius 2 is 2.12 bits per heavy atom. The van der Waals surface area contributed by atoms with Crippen LogP contribution in [-0.4, -0.2) is 18.7 Å². The highest BCUT2D eigenvalue weighted by Crippen LogP contribution is 2.26. The van der Waals surface area contributed by atoms with E-state index in [4.69, 9.17) is 4.74 Å². The lowest BCUT2D eigenvalue weighted by Gasteiger charge is -2.27. The molecular formula is C13H24NO2. The van der Waals surface area contributed by atoms with Crippen molar-refractivity contribution in [2.75, 3.05) is 6.61 Å². The Labute approximate surface area is 98.9 Å². The molecule has 1 N–H and O–H groups in total. The predicted molar refractivity (Wildman–Crippen MR) is 65.1 cm³/mol. The quantitative estimate of drug-likeness (QED) is 0.730. The molecule has 93 valence electrons. The fourth-order valence-electron chi connectivity index (χ4n) is 2.16. The number of carbonyl (C=O) groups excluding carboxylic acids is 1. The van der Waals surface area contributed by atoms with E-state index in [0.717, 1.165) is 12.8 Å². The molecule has 1 saturated carbocycles. The van der Waals surface area contributed by atoms with Crippen LogP contribution < -0.4 is 5.32 Å². The molecule has 0 aromatic rings. The lowest BCUT2D eigenvalue weighted by Crippen LogP contribution is -2.39. The van der Waals surface area contributed by atoms with Gasteiger partial charge in [0.05, 0.1) is 6.61 Å². The lowest BCUT2D eigenvalue weighted by atomic mass is 9.85. The predicted octanol–water partition coefficient (Wildman–Crippen LogP) is 3.30. The zero-order chi connectivity index (χ0) is 11.8. The van der Waals surface area contributed by atoms with Crippen molar-refractivity contribution in [3.05, 3.63) is 6.92 Å². The number of rotatable bonds is 5. The SMILES string of the molecule is [CH2]C(NC(=O)OCCCC)C1CCCCC1. The first-order chi connectivity index (χ1) is 7.74. The van der Waals surface area contributed by atoms with Crippen molar-refractivity contribution in [1.82, 2.24) is 5.32 Å². The number of hydrogen-bond acceptors (Lipinski definition) is 2. The summed E-state index contributed by atoms with van der Waals surface area (Å²) in [6.07, 6.45) is 7.89. The Bertz CT molecular complexity index is 200. The molecule has 1 radical (unpaired) electrons. The van der Waals surface area contributed by atoms with Gasteiger partial charge in [0.2, 0.25) is 0 Å². The molecule has 1 amide bonds. The minimum absolute atomic E-state index is 0.00873. The summed E-state index contributed by atoms with van der Waals surface area (Å²) in [4.78, 5) is 11.4. The molecule has 0 saturated heterocycles. The van der Waals surface area contributed by atoms with E-state index in [1.807, 2.05) is 0 Å². The first kappa shape index (κ1) is 13.3. The van der Waals surface area contributed by atoms with Gasteiger partial charge in [0.15, 0.2) is 0 Å². The van der Waals surface area contributed by atoms with Crippen LogP contribution in [0.1, 0.15) is 51.9 Å². The van der Waals surface area contributed by atoms with Crippen LogP contribution in [0.3, 0.4) is 0 Å². The van der Waals surface area contributed by atoms with E-state index in [1.165, 1.54) is 32.1 Å². The molecule has 0 aromatic heterocycles. The number of hydrogen-bond donors (Lipinski definition) is 1. The molecule has 1 aliphatic rings. The summed E-state index contributed by atoms with van der Waals surface area (Å²) in [6, 6.07) is 0.00873. The van der Waals surface area contributed by atoms with E-state index in [0.29, 0.717) is 12.5 Å². The van der Waals surface area contributed by atoms with Gasteiger partial charge in [0, 0.05) is 6.04 Å². The summed E-state index contributed by atoms with van der Waals surface area (Å²) in [5.74, 6) is 0.535. The van der Waals surface area contributed by atoms with Crippen LogP contribution in [0, 0.1) is 12.8 Å². The van der Waals surface area contributed by atoms with Crippen molar-refractivity contribution in [2.24, 2.45) is 5.92 Å². The molecule has 0 bridgehead atoms. The summed E-state index contributed by atoms with van der Waals surface area (Å²) in [5.41, 5.74) is 0. The molecule has 16 heavy (non-hydrogen) atoms. The van der Waals surface area contributed by atoms with Gasteiger partial charge in [-0.25, -0.2) is 4.79 Å². The minimum Gasteiger partial charge on any atom is -0.450 e. The van der Waals surface area contributed by atoms with E-state index in [-0.39, 0.29) is 12.1 Å². The molecule has 1 atom stereocenters. The highest BCUT2D eigenvalue weighted by atomic mass is 16.5. The molecular weight excluding hydrogens is 202 g/mol. The van der Waals surface area contributed by atoms with Crippen LogP contribution in [0.25, 0.3) is 0 Å². The highest BCUT2D eigenvalue weighted by Gasteiger charge is 2.21. The fourth-order valence-corrected chi connectivity index (χ4v) is 2.16. The Morgan fingerprint density at radius 1 is 1.44 bits per heavy atom. The molecule has 0 spiro atoms. The van der Waals surface area contributed by atoms with Gasteiger partial charge in [-0.2, -0.15) is 0 Å². The highest BCUT2D eigenvalue weighted by molar-refractivity contribution is 5.67. The second-order valence-corrected chi connectivity index (χ2v) is 4.64. The Hall–Kier alpha value is -0.730. The maximum atomic E-state index is 11.4. The second-order valence-electron chi connectivity index (χ2n) is 4.64. The number of amides is 1. The number of carbonyl (C=O) groups is 1. The number of ether oxygens (including phenoxy) is 1. The van der Waals surface area contributed by atoms with Gasteiger partial charge in [-0.15, -0.1) is 0 Å². The molecule has 0 aromatic carbocycles. The number of alkyl carbamates (subject to hydrolysis) is 1. The molecule has 3 heteroatoms. The second kappa shape index (κ2) is 7.53. The molecule has 1 fully saturated rings. The first-order valence-electron chi connectivity index (χ1n) is 6.50. The van der Waals surface area contributed by atoms with Gasteiger partial charge in [-0.3, -0.25) is 0 Å². The number of unbranched alkanes of at least 4 members (excludes halogenated alkanes) is 1. The van der Waals surface area contributed by atoms with E-state index in [2.05, 4.69) is 19.2 Å². The first-order valence-corrected chi connectivity index (χ1v) is 6.50. The van der Waals surface area contributed by atoms with Crippen LogP contribution in [0.4, 0.5) is 4.79 Å². The van der Waals surface area contributed by atoms with Gasteiger partial charge in [-0.05, 0) is 32.1 Å². The van der Waals surface area contributed by atoms with Gasteiger partial charge in [-0.1, -0.05) is 32.6 Å². The average molecular weight is 226 g/mol. The summed E-state index contributed by atoms with van der Waals surface area (Å²) < 4.78 is 5.05. The van der Waals surface area contributed by atoms with Gasteiger partial charge in [0.1, 0.15) is 0 Å². The normalized spacial score (nSPS) is 19.1. The molecule has 1 unspecified atom stereocenters. The van der Waals surface area contributed by atoms with Crippen molar-refractivity contribution >= 4 is 6.09 Å². The van der Waals surface area contributed by atoms with Crippen molar-refractivity contribution in [3.63, 3.8) is 0 Å². The van der Waals surface area contributed by atoms with Crippen LogP contribution in [-0.2, 0) is 4.74 Å². The largest absolute Gasteiger partial charge is 0.450 e. The third kappa shape index (κ3) is 4.86. The maximum Gasteiger partial charge on any atom is 0.407 e. The van der Waals surface area contributed by atoms with E-state index < -0.39 is 0 Å². The standard InChI is InChI=1S/C13H24NO2/c1-3-4-10-16-13(15)14-11(2)12-8-6-5-7-9-12/h11-12H,2-10H2,1H3,(H,14,15). The van der Waals surface area contributed by atoms with E-state index in [1.54, 1.807) is 0 Å². The van der Waals surface area contributed by atoms with E-state index >= 15 is 0 Å². The maximum absolute atomic E-state index is 11.4. The molecule has 3 nitrogen and oxygen atoms in total. The summed E-state index contributed by atoms with van der Waals surface area (Å²) in [7, 11) is 0. The smallest absolute Gasteiger partial charge is 0.407 e. The van der Waals surface area contributed by atoms with Crippen molar-refractivity contribution in [2.45, 2.75) is 57.9 Å². The third-order valence-corrected chi connectivity index (χ3v) is 3.25. The topological polar surface area (TPSA) is 38.3 Å². The van der Waals surface area contributed by atoms with Crippen LogP contribution in [0.5, 0.6) is 0 Å². The van der Waals surface area contributed by atoms with Crippen LogP contribution in [0.15, 0.2) is 0 Å². The zero-order valence-electron chi connectivity index (χ0n) is 10.3. The Morgan fingerprint density at radius 3 is 2.75 bits per heavy atom. The third-order valence-electron chi connectivity index (χ3n) is 3.25. The zero-order valence-corrected chi connectivity index (χ0v) is 10.3. The Kier molecular flexibility index (Phi) is 6.27. The van der Waals surface area contributed by atoms with Gasteiger partial charge >= 0.3 is 6.09 Å². The van der Waals surface area contributed by atoms with Crippen LogP contribution >= 0.6 is 0 Å². The summed E-state index contributed by atoms with van der Waals surface area (Å²) in [5, 5.41) is 2.84. The van der Waals surface area contributed by atoms with Gasteiger partial charge < -0.3 is 10.1 Å². The molecule has 1 rings (SSSR count). The van der Waals surface area contributed by atoms with E-state index in [9.17, 15) is 4.79 Å².